The van der Waals surface area contributed by atoms with Gasteiger partial charge < -0.3 is 4.90 Å². The largest absolute Gasteiger partial charge is 0.337 e. The molecule has 3 amide bonds. The van der Waals surface area contributed by atoms with Gasteiger partial charge in [0, 0.05) is 7.05 Å². The minimum atomic E-state index is -0.722. The maximum atomic E-state index is 11.3. The van der Waals surface area contributed by atoms with Gasteiger partial charge in [-0.15, -0.1) is 0 Å². The van der Waals surface area contributed by atoms with Gasteiger partial charge in [-0.2, -0.15) is 3.93 Å². The molecule has 0 radical (unpaired) electrons. The highest BCUT2D eigenvalue weighted by molar-refractivity contribution is 9.08. The molecule has 1 aliphatic rings. The second-order valence-corrected chi connectivity index (χ2v) is 3.70. The molecule has 5 heteroatoms. The molecule has 4 nitrogen and oxygen atoms in total. The number of carbonyl (C=O) groups is 2. The summed E-state index contributed by atoms with van der Waals surface area (Å²) >= 11 is 2.88. The number of rotatable bonds is 0. The molecule has 0 atom stereocenters. The Hall–Kier alpha value is -0.580. The molecule has 0 aromatic rings. The van der Waals surface area contributed by atoms with Crippen LogP contribution < -0.4 is 0 Å². The maximum Gasteiger partial charge on any atom is 0.337 e. The molecule has 0 aliphatic carbocycles. The molecule has 1 rings (SSSR count). The lowest BCUT2D eigenvalue weighted by atomic mass is 10.1. The average molecular weight is 221 g/mol. The van der Waals surface area contributed by atoms with Gasteiger partial charge in [-0.05, 0) is 13.8 Å². The van der Waals surface area contributed by atoms with E-state index in [-0.39, 0.29) is 11.9 Å². The highest BCUT2D eigenvalue weighted by Gasteiger charge is 2.48. The van der Waals surface area contributed by atoms with Crippen LogP contribution in [0.3, 0.4) is 0 Å². The van der Waals surface area contributed by atoms with Crippen LogP contribution in [-0.4, -0.2) is 33.4 Å². The third-order valence-electron chi connectivity index (χ3n) is 2.00. The van der Waals surface area contributed by atoms with Crippen LogP contribution in [0.25, 0.3) is 0 Å². The van der Waals surface area contributed by atoms with Crippen LogP contribution >= 0.6 is 16.1 Å². The van der Waals surface area contributed by atoms with Crippen LogP contribution in [-0.2, 0) is 4.79 Å². The Kier molecular flexibility index (Phi) is 1.70. The van der Waals surface area contributed by atoms with Gasteiger partial charge in [0.05, 0.1) is 16.1 Å². The van der Waals surface area contributed by atoms with Gasteiger partial charge in [0.1, 0.15) is 5.54 Å². The molecule has 11 heavy (non-hydrogen) atoms. The Morgan fingerprint density at radius 2 is 1.82 bits per heavy atom. The molecule has 0 aromatic heterocycles. The standard InChI is InChI=1S/C6H9BrN2O2/c1-6(2)4(10)9(7)5(11)8(6)3/h1-3H3. The summed E-state index contributed by atoms with van der Waals surface area (Å²) in [6, 6.07) is -0.319. The van der Waals surface area contributed by atoms with Crippen molar-refractivity contribution >= 4 is 28.1 Å². The zero-order valence-electron chi connectivity index (χ0n) is 6.59. The topological polar surface area (TPSA) is 40.6 Å². The van der Waals surface area contributed by atoms with E-state index in [1.54, 1.807) is 20.9 Å². The summed E-state index contributed by atoms with van der Waals surface area (Å²) in [6.45, 7) is 3.41. The summed E-state index contributed by atoms with van der Waals surface area (Å²) in [5, 5.41) is 0. The first-order chi connectivity index (χ1) is 4.89. The number of hydrogen-bond acceptors (Lipinski definition) is 2. The van der Waals surface area contributed by atoms with E-state index in [1.165, 1.54) is 4.90 Å². The van der Waals surface area contributed by atoms with Crippen molar-refractivity contribution in [2.75, 3.05) is 7.05 Å². The van der Waals surface area contributed by atoms with Gasteiger partial charge in [0.2, 0.25) is 0 Å². The van der Waals surface area contributed by atoms with Gasteiger partial charge in [-0.25, -0.2) is 4.79 Å². The number of imide groups is 1. The van der Waals surface area contributed by atoms with Crippen molar-refractivity contribution in [2.45, 2.75) is 19.4 Å². The normalized spacial score (nSPS) is 23.3. The SMILES string of the molecule is CN1C(=O)N(Br)C(=O)C1(C)C. The molecule has 1 fully saturated rings. The van der Waals surface area contributed by atoms with E-state index >= 15 is 0 Å². The molecule has 1 aliphatic heterocycles. The Bertz CT molecular complexity index is 227. The van der Waals surface area contributed by atoms with E-state index in [2.05, 4.69) is 16.1 Å². The van der Waals surface area contributed by atoms with E-state index in [0.717, 1.165) is 3.93 Å². The van der Waals surface area contributed by atoms with E-state index in [9.17, 15) is 9.59 Å². The molecule has 0 aromatic carbocycles. The zero-order chi connectivity index (χ0) is 8.81. The van der Waals surface area contributed by atoms with Crippen molar-refractivity contribution in [1.29, 1.82) is 0 Å². The molecule has 0 spiro atoms. The molecular weight excluding hydrogens is 212 g/mol. The minimum absolute atomic E-state index is 0.231. The lowest BCUT2D eigenvalue weighted by Crippen LogP contribution is -2.41. The summed E-state index contributed by atoms with van der Waals surface area (Å²) in [6.07, 6.45) is 0. The number of amides is 3. The van der Waals surface area contributed by atoms with Crippen LogP contribution in [0.1, 0.15) is 13.8 Å². The van der Waals surface area contributed by atoms with E-state index in [1.807, 2.05) is 0 Å². The van der Waals surface area contributed by atoms with Crippen LogP contribution in [0, 0.1) is 0 Å². The monoisotopic (exact) mass is 220 g/mol. The van der Waals surface area contributed by atoms with Gasteiger partial charge in [0.15, 0.2) is 0 Å². The molecule has 0 bridgehead atoms. The number of carbonyl (C=O) groups excluding carboxylic acids is 2. The Balaban J connectivity index is 3.06. The fourth-order valence-electron chi connectivity index (χ4n) is 0.841. The summed E-state index contributed by atoms with van der Waals surface area (Å²) < 4.78 is 0.951. The molecule has 1 saturated heterocycles. The lowest BCUT2D eigenvalue weighted by molar-refractivity contribution is -0.127. The molecule has 62 valence electrons. The van der Waals surface area contributed by atoms with Crippen LogP contribution in [0.5, 0.6) is 0 Å². The predicted octanol–water partition coefficient (Wildman–Crippen LogP) is 0.969. The van der Waals surface area contributed by atoms with Crippen molar-refractivity contribution in [2.24, 2.45) is 0 Å². The second kappa shape index (κ2) is 2.20. The number of hydrogen-bond donors (Lipinski definition) is 0. The fraction of sp³-hybridized carbons (Fsp3) is 0.667. The fourth-order valence-corrected chi connectivity index (χ4v) is 1.51. The Morgan fingerprint density at radius 3 is 1.91 bits per heavy atom. The van der Waals surface area contributed by atoms with E-state index in [0.29, 0.717) is 0 Å². The average Bonchev–Trinajstić information content (AvgIpc) is 2.06. The number of halogens is 1. The van der Waals surface area contributed by atoms with Crippen LogP contribution in [0.4, 0.5) is 4.79 Å². The van der Waals surface area contributed by atoms with Gasteiger partial charge in [0.25, 0.3) is 5.91 Å². The number of urea groups is 1. The molecule has 1 heterocycles. The lowest BCUT2D eigenvalue weighted by Gasteiger charge is -2.22. The summed E-state index contributed by atoms with van der Waals surface area (Å²) in [5.41, 5.74) is -0.722. The van der Waals surface area contributed by atoms with Crippen LogP contribution in [0.2, 0.25) is 0 Å². The molecule has 0 N–H and O–H groups in total. The summed E-state index contributed by atoms with van der Waals surface area (Å²) in [5.74, 6) is -0.231. The first-order valence-corrected chi connectivity index (χ1v) is 3.88. The van der Waals surface area contributed by atoms with Crippen molar-refractivity contribution in [3.63, 3.8) is 0 Å². The molecule has 0 unspecified atom stereocenters. The first kappa shape index (κ1) is 8.52. The Labute approximate surface area is 73.5 Å². The van der Waals surface area contributed by atoms with Gasteiger partial charge in [-0.3, -0.25) is 4.79 Å². The van der Waals surface area contributed by atoms with Crippen molar-refractivity contribution in [3.8, 4) is 0 Å². The van der Waals surface area contributed by atoms with Crippen molar-refractivity contribution in [3.05, 3.63) is 0 Å². The third kappa shape index (κ3) is 0.946. The van der Waals surface area contributed by atoms with Crippen molar-refractivity contribution < 1.29 is 9.59 Å². The molecular formula is C6H9BrN2O2. The van der Waals surface area contributed by atoms with E-state index in [4.69, 9.17) is 0 Å². The summed E-state index contributed by atoms with van der Waals surface area (Å²) in [7, 11) is 1.60. The quantitative estimate of drug-likeness (QED) is 0.451. The number of nitrogens with zero attached hydrogens (tertiary/aromatic N) is 2. The van der Waals surface area contributed by atoms with Crippen LogP contribution in [0.15, 0.2) is 0 Å². The highest BCUT2D eigenvalue weighted by atomic mass is 79.9. The molecule has 0 saturated carbocycles. The maximum absolute atomic E-state index is 11.3. The smallest absolute Gasteiger partial charge is 0.312 e. The minimum Gasteiger partial charge on any atom is -0.312 e. The van der Waals surface area contributed by atoms with Gasteiger partial charge in [-0.1, -0.05) is 0 Å². The van der Waals surface area contributed by atoms with Gasteiger partial charge >= 0.3 is 6.03 Å². The highest BCUT2D eigenvalue weighted by Crippen LogP contribution is 2.27. The number of likely N-dealkylation sites (N-methyl/N-ethyl adjacent to an activating group) is 1. The van der Waals surface area contributed by atoms with E-state index < -0.39 is 5.54 Å². The Morgan fingerprint density at radius 1 is 1.36 bits per heavy atom. The third-order valence-corrected chi connectivity index (χ3v) is 2.62. The zero-order valence-corrected chi connectivity index (χ0v) is 8.17. The summed E-state index contributed by atoms with van der Waals surface area (Å²) in [4.78, 5) is 23.8. The van der Waals surface area contributed by atoms with Crippen molar-refractivity contribution in [1.82, 2.24) is 8.83 Å². The first-order valence-electron chi connectivity index (χ1n) is 3.17. The second-order valence-electron chi connectivity index (χ2n) is 2.99. The predicted molar refractivity (Wildman–Crippen MR) is 43.0 cm³/mol.